The van der Waals surface area contributed by atoms with Crippen LogP contribution in [-0.4, -0.2) is 18.3 Å². The highest BCUT2D eigenvalue weighted by Crippen LogP contribution is 2.23. The van der Waals surface area contributed by atoms with Gasteiger partial charge in [0.25, 0.3) is 0 Å². The second kappa shape index (κ2) is 5.05. The van der Waals surface area contributed by atoms with Gasteiger partial charge in [-0.3, -0.25) is 0 Å². The topological polar surface area (TPSA) is 26.3 Å². The van der Waals surface area contributed by atoms with Gasteiger partial charge >= 0.3 is 5.97 Å². The summed E-state index contributed by atoms with van der Waals surface area (Å²) in [5, 5.41) is 0.517. The Morgan fingerprint density at radius 2 is 2.14 bits per heavy atom. The monoisotopic (exact) mass is 210 g/mol. The van der Waals surface area contributed by atoms with Gasteiger partial charge in [-0.25, -0.2) is 4.79 Å². The molecule has 0 atom stereocenters. The highest BCUT2D eigenvalue weighted by molar-refractivity contribution is 7.99. The number of rotatable bonds is 3. The van der Waals surface area contributed by atoms with Crippen LogP contribution in [0.1, 0.15) is 24.2 Å². The van der Waals surface area contributed by atoms with Crippen LogP contribution in [0, 0.1) is 0 Å². The van der Waals surface area contributed by atoms with E-state index in [1.165, 1.54) is 7.11 Å². The van der Waals surface area contributed by atoms with E-state index < -0.39 is 0 Å². The molecule has 0 aliphatic heterocycles. The van der Waals surface area contributed by atoms with Crippen LogP contribution < -0.4 is 0 Å². The molecule has 0 spiro atoms. The lowest BCUT2D eigenvalue weighted by atomic mass is 10.2. The largest absolute Gasteiger partial charge is 0.465 e. The van der Waals surface area contributed by atoms with E-state index in [4.69, 9.17) is 0 Å². The molecule has 0 unspecified atom stereocenters. The van der Waals surface area contributed by atoms with Gasteiger partial charge in [-0.15, -0.1) is 11.8 Å². The molecule has 0 saturated heterocycles. The van der Waals surface area contributed by atoms with Gasteiger partial charge in [0.2, 0.25) is 0 Å². The lowest BCUT2D eigenvalue weighted by Crippen LogP contribution is -2.00. The molecule has 0 aliphatic rings. The van der Waals surface area contributed by atoms with Crippen LogP contribution in [0.15, 0.2) is 29.2 Å². The number of esters is 1. The van der Waals surface area contributed by atoms with Crippen molar-refractivity contribution in [2.45, 2.75) is 24.0 Å². The summed E-state index contributed by atoms with van der Waals surface area (Å²) in [6.07, 6.45) is 0. The predicted octanol–water partition coefficient (Wildman–Crippen LogP) is 2.97. The number of hydrogen-bond acceptors (Lipinski definition) is 3. The van der Waals surface area contributed by atoms with Gasteiger partial charge in [-0.05, 0) is 18.2 Å². The van der Waals surface area contributed by atoms with Gasteiger partial charge in [0.1, 0.15) is 0 Å². The number of carbonyl (C=O) groups is 1. The normalized spacial score (nSPS) is 10.3. The first kappa shape index (κ1) is 11.1. The Kier molecular flexibility index (Phi) is 4.01. The molecule has 0 bridgehead atoms. The second-order valence-corrected chi connectivity index (χ2v) is 4.84. The SMILES string of the molecule is COC(=O)c1cccc(SC(C)C)c1. The molecule has 0 saturated carbocycles. The fourth-order valence-corrected chi connectivity index (χ4v) is 1.98. The summed E-state index contributed by atoms with van der Waals surface area (Å²) >= 11 is 1.73. The molecule has 0 aromatic heterocycles. The molecule has 0 radical (unpaired) electrons. The van der Waals surface area contributed by atoms with Crippen molar-refractivity contribution in [1.82, 2.24) is 0 Å². The van der Waals surface area contributed by atoms with Crippen LogP contribution in [0.2, 0.25) is 0 Å². The molecule has 0 heterocycles. The maximum Gasteiger partial charge on any atom is 0.337 e. The van der Waals surface area contributed by atoms with Gasteiger partial charge in [-0.2, -0.15) is 0 Å². The minimum absolute atomic E-state index is 0.281. The van der Waals surface area contributed by atoms with Gasteiger partial charge in [0.05, 0.1) is 12.7 Å². The van der Waals surface area contributed by atoms with Gasteiger partial charge in [0, 0.05) is 10.1 Å². The molecular formula is C11H14O2S. The zero-order valence-corrected chi connectivity index (χ0v) is 9.43. The predicted molar refractivity (Wildman–Crippen MR) is 58.8 cm³/mol. The Morgan fingerprint density at radius 1 is 1.43 bits per heavy atom. The maximum absolute atomic E-state index is 11.2. The highest BCUT2D eigenvalue weighted by Gasteiger charge is 2.06. The van der Waals surface area contributed by atoms with E-state index in [1.807, 2.05) is 18.2 Å². The van der Waals surface area contributed by atoms with Crippen molar-refractivity contribution >= 4 is 17.7 Å². The van der Waals surface area contributed by atoms with E-state index in [2.05, 4.69) is 18.6 Å². The number of hydrogen-bond donors (Lipinski definition) is 0. The van der Waals surface area contributed by atoms with Crippen molar-refractivity contribution in [1.29, 1.82) is 0 Å². The first-order valence-electron chi connectivity index (χ1n) is 4.48. The molecule has 3 heteroatoms. The van der Waals surface area contributed by atoms with Crippen LogP contribution in [0.4, 0.5) is 0 Å². The van der Waals surface area contributed by atoms with Crippen molar-refractivity contribution in [2.24, 2.45) is 0 Å². The average molecular weight is 210 g/mol. The van der Waals surface area contributed by atoms with Gasteiger partial charge in [-0.1, -0.05) is 19.9 Å². The third-order valence-corrected chi connectivity index (χ3v) is 2.62. The number of carbonyl (C=O) groups excluding carboxylic acids is 1. The lowest BCUT2D eigenvalue weighted by molar-refractivity contribution is 0.0600. The van der Waals surface area contributed by atoms with E-state index >= 15 is 0 Å². The summed E-state index contributed by atoms with van der Waals surface area (Å²) in [6.45, 7) is 4.24. The van der Waals surface area contributed by atoms with Crippen molar-refractivity contribution in [2.75, 3.05) is 7.11 Å². The molecule has 1 aromatic carbocycles. The van der Waals surface area contributed by atoms with Crippen LogP contribution in [0.3, 0.4) is 0 Å². The molecule has 2 nitrogen and oxygen atoms in total. The second-order valence-electron chi connectivity index (χ2n) is 3.19. The van der Waals surface area contributed by atoms with E-state index in [-0.39, 0.29) is 5.97 Å². The van der Waals surface area contributed by atoms with Gasteiger partial charge < -0.3 is 4.74 Å². The van der Waals surface area contributed by atoms with Crippen LogP contribution >= 0.6 is 11.8 Å². The Morgan fingerprint density at radius 3 is 2.71 bits per heavy atom. The van der Waals surface area contributed by atoms with Crippen molar-refractivity contribution < 1.29 is 9.53 Å². The van der Waals surface area contributed by atoms with E-state index in [1.54, 1.807) is 17.8 Å². The van der Waals surface area contributed by atoms with Crippen molar-refractivity contribution in [3.63, 3.8) is 0 Å². The average Bonchev–Trinajstić information content (AvgIpc) is 2.16. The summed E-state index contributed by atoms with van der Waals surface area (Å²) in [6, 6.07) is 7.49. The fraction of sp³-hybridized carbons (Fsp3) is 0.364. The molecule has 0 amide bonds. The van der Waals surface area contributed by atoms with Crippen molar-refractivity contribution in [3.8, 4) is 0 Å². The third-order valence-electron chi connectivity index (χ3n) is 1.63. The molecule has 0 N–H and O–H groups in total. The summed E-state index contributed by atoms with van der Waals surface area (Å²) < 4.78 is 4.65. The summed E-state index contributed by atoms with van der Waals surface area (Å²) in [5.74, 6) is -0.281. The number of methoxy groups -OCH3 is 1. The molecule has 1 aromatic rings. The maximum atomic E-state index is 11.2. The lowest BCUT2D eigenvalue weighted by Gasteiger charge is -2.05. The van der Waals surface area contributed by atoms with Crippen LogP contribution in [-0.2, 0) is 4.74 Å². The Bertz CT molecular complexity index is 321. The number of thioether (sulfide) groups is 1. The molecule has 76 valence electrons. The zero-order chi connectivity index (χ0) is 10.6. The van der Waals surface area contributed by atoms with E-state index in [0.29, 0.717) is 10.8 Å². The van der Waals surface area contributed by atoms with Crippen LogP contribution in [0.25, 0.3) is 0 Å². The quantitative estimate of drug-likeness (QED) is 0.566. The standard InChI is InChI=1S/C11H14O2S/c1-8(2)14-10-6-4-5-9(7-10)11(12)13-3/h4-8H,1-3H3. The molecule has 0 fully saturated rings. The summed E-state index contributed by atoms with van der Waals surface area (Å²) in [5.41, 5.74) is 0.609. The minimum atomic E-state index is -0.281. The number of ether oxygens (including phenoxy) is 1. The zero-order valence-electron chi connectivity index (χ0n) is 8.61. The van der Waals surface area contributed by atoms with E-state index in [0.717, 1.165) is 4.90 Å². The number of benzene rings is 1. The minimum Gasteiger partial charge on any atom is -0.465 e. The smallest absolute Gasteiger partial charge is 0.337 e. The van der Waals surface area contributed by atoms with E-state index in [9.17, 15) is 4.79 Å². The molecular weight excluding hydrogens is 196 g/mol. The third kappa shape index (κ3) is 3.07. The Labute approximate surface area is 88.7 Å². The molecule has 1 rings (SSSR count). The van der Waals surface area contributed by atoms with Crippen molar-refractivity contribution in [3.05, 3.63) is 29.8 Å². The van der Waals surface area contributed by atoms with Gasteiger partial charge in [0.15, 0.2) is 0 Å². The molecule has 14 heavy (non-hydrogen) atoms. The molecule has 0 aliphatic carbocycles. The summed E-state index contributed by atoms with van der Waals surface area (Å²) in [4.78, 5) is 12.3. The van der Waals surface area contributed by atoms with Crippen LogP contribution in [0.5, 0.6) is 0 Å². The first-order chi connectivity index (χ1) is 6.63. The Balaban J connectivity index is 2.84. The fourth-order valence-electron chi connectivity index (χ4n) is 1.09. The summed E-state index contributed by atoms with van der Waals surface area (Å²) in [7, 11) is 1.39. The Hall–Kier alpha value is -0.960. The first-order valence-corrected chi connectivity index (χ1v) is 5.36. The highest BCUT2D eigenvalue weighted by atomic mass is 32.2.